The number of nitrogens with two attached hydrogens (primary N) is 1. The molecule has 19 heavy (non-hydrogen) atoms. The van der Waals surface area contributed by atoms with Crippen LogP contribution in [0, 0.1) is 0 Å². The normalized spacial score (nSPS) is 27.2. The number of hydrogen-bond donors (Lipinski definition) is 1. The van der Waals surface area contributed by atoms with Crippen molar-refractivity contribution in [1.29, 1.82) is 0 Å². The highest BCUT2D eigenvalue weighted by Crippen LogP contribution is 2.18. The number of rotatable bonds is 5. The van der Waals surface area contributed by atoms with E-state index in [1.165, 1.54) is 37.9 Å². The number of piperidine rings is 1. The first kappa shape index (κ1) is 14.4. The van der Waals surface area contributed by atoms with E-state index in [4.69, 9.17) is 10.5 Å². The second kappa shape index (κ2) is 6.40. The summed E-state index contributed by atoms with van der Waals surface area (Å²) in [5.74, 6) is 0.935. The molecule has 0 bridgehead atoms. The SMILES string of the molecule is COc1ccc(CCC[N@+]2(C)CCC[C@H](N)C2)cc1. The maximum atomic E-state index is 6.10. The molecule has 2 atom stereocenters. The molecule has 1 fully saturated rings. The van der Waals surface area contributed by atoms with Crippen LogP contribution in [0.4, 0.5) is 0 Å². The van der Waals surface area contributed by atoms with E-state index in [1.807, 2.05) is 12.1 Å². The van der Waals surface area contributed by atoms with Crippen molar-refractivity contribution < 1.29 is 9.22 Å². The van der Waals surface area contributed by atoms with Gasteiger partial charge < -0.3 is 15.0 Å². The van der Waals surface area contributed by atoms with Gasteiger partial charge in [0.05, 0.1) is 39.8 Å². The van der Waals surface area contributed by atoms with Gasteiger partial charge in [-0.15, -0.1) is 0 Å². The molecule has 1 heterocycles. The molecule has 0 radical (unpaired) electrons. The first-order chi connectivity index (χ1) is 9.11. The molecule has 2 rings (SSSR count). The van der Waals surface area contributed by atoms with Crippen molar-refractivity contribution in [3.8, 4) is 5.75 Å². The van der Waals surface area contributed by atoms with Crippen LogP contribution in [-0.2, 0) is 6.42 Å². The number of nitrogens with zero attached hydrogens (tertiary/aromatic N) is 1. The van der Waals surface area contributed by atoms with Gasteiger partial charge in [0.1, 0.15) is 5.75 Å². The van der Waals surface area contributed by atoms with E-state index < -0.39 is 0 Å². The van der Waals surface area contributed by atoms with Crippen molar-refractivity contribution in [1.82, 2.24) is 0 Å². The standard InChI is InChI=1S/C16H27N2O/c1-18(12-4-6-15(17)13-18)11-3-5-14-7-9-16(19-2)10-8-14/h7-10,15H,3-6,11-13,17H2,1-2H3/q+1/t15-,18+/m0/s1. The lowest BCUT2D eigenvalue weighted by Crippen LogP contribution is -2.55. The fourth-order valence-corrected chi connectivity index (χ4v) is 3.14. The van der Waals surface area contributed by atoms with Crippen molar-refractivity contribution in [2.24, 2.45) is 5.73 Å². The van der Waals surface area contributed by atoms with Crippen molar-refractivity contribution >= 4 is 0 Å². The second-order valence-corrected chi connectivity index (χ2v) is 6.10. The summed E-state index contributed by atoms with van der Waals surface area (Å²) in [4.78, 5) is 0. The predicted molar refractivity (Wildman–Crippen MR) is 79.3 cm³/mol. The molecule has 3 heteroatoms. The summed E-state index contributed by atoms with van der Waals surface area (Å²) in [6.45, 7) is 3.67. The Labute approximate surface area is 116 Å². The van der Waals surface area contributed by atoms with Gasteiger partial charge in [-0.1, -0.05) is 12.1 Å². The summed E-state index contributed by atoms with van der Waals surface area (Å²) in [6, 6.07) is 8.83. The Morgan fingerprint density at radius 1 is 1.32 bits per heavy atom. The number of quaternary nitrogens is 1. The molecule has 2 N–H and O–H groups in total. The zero-order valence-electron chi connectivity index (χ0n) is 12.3. The molecule has 106 valence electrons. The monoisotopic (exact) mass is 263 g/mol. The Balaban J connectivity index is 1.79. The molecule has 1 aliphatic heterocycles. The topological polar surface area (TPSA) is 35.2 Å². The third-order valence-electron chi connectivity index (χ3n) is 4.27. The lowest BCUT2D eigenvalue weighted by Gasteiger charge is -2.40. The van der Waals surface area contributed by atoms with Gasteiger partial charge in [0.15, 0.2) is 0 Å². The summed E-state index contributed by atoms with van der Waals surface area (Å²) in [6.07, 6.45) is 4.86. The average Bonchev–Trinajstić information content (AvgIpc) is 2.39. The van der Waals surface area contributed by atoms with Gasteiger partial charge in [-0.05, 0) is 37.0 Å². The molecule has 1 aromatic rings. The van der Waals surface area contributed by atoms with Crippen molar-refractivity contribution in [2.75, 3.05) is 33.8 Å². The zero-order valence-corrected chi connectivity index (χ0v) is 12.3. The molecular formula is C16H27N2O+. The van der Waals surface area contributed by atoms with Gasteiger partial charge in [0, 0.05) is 6.42 Å². The first-order valence-corrected chi connectivity index (χ1v) is 7.33. The molecule has 0 aromatic heterocycles. The van der Waals surface area contributed by atoms with Crippen molar-refractivity contribution in [2.45, 2.75) is 31.7 Å². The van der Waals surface area contributed by atoms with Crippen LogP contribution in [-0.4, -0.2) is 44.3 Å². The van der Waals surface area contributed by atoms with Gasteiger partial charge in [0.25, 0.3) is 0 Å². The smallest absolute Gasteiger partial charge is 0.118 e. The van der Waals surface area contributed by atoms with Crippen LogP contribution in [0.25, 0.3) is 0 Å². The van der Waals surface area contributed by atoms with Crippen LogP contribution in [0.15, 0.2) is 24.3 Å². The number of methoxy groups -OCH3 is 1. The number of benzene rings is 1. The predicted octanol–water partition coefficient (Wildman–Crippen LogP) is 2.20. The number of hydrogen-bond acceptors (Lipinski definition) is 2. The van der Waals surface area contributed by atoms with Gasteiger partial charge >= 0.3 is 0 Å². The Morgan fingerprint density at radius 3 is 2.68 bits per heavy atom. The zero-order chi connectivity index (χ0) is 13.7. The Hall–Kier alpha value is -1.06. The number of likely N-dealkylation sites (N-methyl/N-ethyl adjacent to an activating group) is 1. The molecule has 0 spiro atoms. The summed E-state index contributed by atoms with van der Waals surface area (Å²) in [5, 5.41) is 0. The third kappa shape index (κ3) is 4.22. The maximum absolute atomic E-state index is 6.10. The first-order valence-electron chi connectivity index (χ1n) is 7.33. The minimum Gasteiger partial charge on any atom is -0.497 e. The maximum Gasteiger partial charge on any atom is 0.118 e. The molecule has 0 aliphatic carbocycles. The number of ether oxygens (including phenoxy) is 1. The van der Waals surface area contributed by atoms with Gasteiger partial charge in [-0.3, -0.25) is 0 Å². The molecule has 0 saturated carbocycles. The van der Waals surface area contributed by atoms with E-state index in [2.05, 4.69) is 19.2 Å². The average molecular weight is 263 g/mol. The largest absolute Gasteiger partial charge is 0.497 e. The van der Waals surface area contributed by atoms with E-state index >= 15 is 0 Å². The number of likely N-dealkylation sites (tertiary alicyclic amines) is 1. The van der Waals surface area contributed by atoms with Crippen LogP contribution in [0.3, 0.4) is 0 Å². The van der Waals surface area contributed by atoms with Crippen LogP contribution in [0.5, 0.6) is 5.75 Å². The van der Waals surface area contributed by atoms with E-state index in [0.29, 0.717) is 6.04 Å². The molecule has 0 amide bonds. The van der Waals surface area contributed by atoms with Crippen LogP contribution >= 0.6 is 0 Å². The summed E-state index contributed by atoms with van der Waals surface area (Å²) >= 11 is 0. The van der Waals surface area contributed by atoms with Gasteiger partial charge in [0.2, 0.25) is 0 Å². The van der Waals surface area contributed by atoms with Crippen LogP contribution in [0.2, 0.25) is 0 Å². The molecule has 1 saturated heterocycles. The second-order valence-electron chi connectivity index (χ2n) is 6.10. The molecule has 1 aliphatic rings. The van der Waals surface area contributed by atoms with Crippen molar-refractivity contribution in [3.63, 3.8) is 0 Å². The van der Waals surface area contributed by atoms with E-state index in [1.54, 1.807) is 7.11 Å². The van der Waals surface area contributed by atoms with Crippen LogP contribution in [0.1, 0.15) is 24.8 Å². The molecule has 1 aromatic carbocycles. The van der Waals surface area contributed by atoms with Gasteiger partial charge in [-0.2, -0.15) is 0 Å². The van der Waals surface area contributed by atoms with Crippen LogP contribution < -0.4 is 10.5 Å². The minimum atomic E-state index is 0.403. The summed E-state index contributed by atoms with van der Waals surface area (Å²) in [7, 11) is 4.06. The molecular weight excluding hydrogens is 236 g/mol. The van der Waals surface area contributed by atoms with E-state index in [9.17, 15) is 0 Å². The van der Waals surface area contributed by atoms with Gasteiger partial charge in [-0.25, -0.2) is 0 Å². The number of aryl methyl sites for hydroxylation is 1. The molecule has 3 nitrogen and oxygen atoms in total. The highest BCUT2D eigenvalue weighted by Gasteiger charge is 2.28. The Bertz CT molecular complexity index is 390. The van der Waals surface area contributed by atoms with E-state index in [-0.39, 0.29) is 0 Å². The Kier molecular flexibility index (Phi) is 4.83. The summed E-state index contributed by atoms with van der Waals surface area (Å²) in [5.41, 5.74) is 7.49. The summed E-state index contributed by atoms with van der Waals surface area (Å²) < 4.78 is 6.33. The van der Waals surface area contributed by atoms with E-state index in [0.717, 1.165) is 23.2 Å². The molecule has 0 unspecified atom stereocenters. The highest BCUT2D eigenvalue weighted by atomic mass is 16.5. The quantitative estimate of drug-likeness (QED) is 0.827. The van der Waals surface area contributed by atoms with Crippen molar-refractivity contribution in [3.05, 3.63) is 29.8 Å². The fraction of sp³-hybridized carbons (Fsp3) is 0.625. The fourth-order valence-electron chi connectivity index (χ4n) is 3.14. The highest BCUT2D eigenvalue weighted by molar-refractivity contribution is 5.27. The minimum absolute atomic E-state index is 0.403. The Morgan fingerprint density at radius 2 is 2.05 bits per heavy atom. The third-order valence-corrected chi connectivity index (χ3v) is 4.27. The lowest BCUT2D eigenvalue weighted by atomic mass is 10.0. The lowest BCUT2D eigenvalue weighted by molar-refractivity contribution is -0.914.